The van der Waals surface area contributed by atoms with E-state index in [0.717, 1.165) is 5.52 Å². The highest BCUT2D eigenvalue weighted by Crippen LogP contribution is 2.19. The van der Waals surface area contributed by atoms with Crippen LogP contribution in [0.25, 0.3) is 11.0 Å². The summed E-state index contributed by atoms with van der Waals surface area (Å²) < 4.78 is 4.72. The minimum absolute atomic E-state index is 0.195. The first kappa shape index (κ1) is 13.5. The molecule has 108 valence electrons. The molecule has 1 saturated heterocycles. The normalized spacial score (nSPS) is 18.0. The van der Waals surface area contributed by atoms with Gasteiger partial charge in [-0.15, -0.1) is 0 Å². The van der Waals surface area contributed by atoms with Crippen molar-refractivity contribution in [3.05, 3.63) is 36.2 Å². The zero-order chi connectivity index (χ0) is 14.8. The van der Waals surface area contributed by atoms with Gasteiger partial charge in [0.05, 0.1) is 30.3 Å². The Kier molecular flexibility index (Phi) is 3.51. The van der Waals surface area contributed by atoms with Crippen molar-refractivity contribution in [2.45, 2.75) is 6.42 Å². The number of para-hydroxylation sites is 2. The number of aromatic nitrogens is 2. The number of carbonyl (C=O) groups excluding carboxylic acids is 2. The standard InChI is InChI=1S/C15H15N3O3/c1-21-15(20)10-6-7-18(9-10)14(19)13-8-16-11-4-2-3-5-12(11)17-13/h2-5,8,10H,6-7,9H2,1H3. The lowest BCUT2D eigenvalue weighted by Crippen LogP contribution is -2.31. The number of ether oxygens (including phenoxy) is 1. The van der Waals surface area contributed by atoms with Crippen LogP contribution in [0, 0.1) is 5.92 Å². The Labute approximate surface area is 121 Å². The summed E-state index contributed by atoms with van der Waals surface area (Å²) in [6.45, 7) is 0.910. The predicted octanol–water partition coefficient (Wildman–Crippen LogP) is 1.26. The monoisotopic (exact) mass is 285 g/mol. The number of likely N-dealkylation sites (tertiary alicyclic amines) is 1. The minimum Gasteiger partial charge on any atom is -0.469 e. The fourth-order valence-corrected chi connectivity index (χ4v) is 2.53. The van der Waals surface area contributed by atoms with Crippen LogP contribution < -0.4 is 0 Å². The van der Waals surface area contributed by atoms with Gasteiger partial charge in [0.25, 0.3) is 5.91 Å². The van der Waals surface area contributed by atoms with E-state index >= 15 is 0 Å². The lowest BCUT2D eigenvalue weighted by Gasteiger charge is -2.15. The first-order chi connectivity index (χ1) is 10.2. The second kappa shape index (κ2) is 5.47. The topological polar surface area (TPSA) is 72.4 Å². The molecule has 0 aliphatic carbocycles. The lowest BCUT2D eigenvalue weighted by molar-refractivity contribution is -0.144. The van der Waals surface area contributed by atoms with Gasteiger partial charge in [0.1, 0.15) is 5.69 Å². The summed E-state index contributed by atoms with van der Waals surface area (Å²) in [6.07, 6.45) is 2.11. The number of rotatable bonds is 2. The van der Waals surface area contributed by atoms with Crippen molar-refractivity contribution in [1.29, 1.82) is 0 Å². The Morgan fingerprint density at radius 2 is 2.05 bits per heavy atom. The van der Waals surface area contributed by atoms with Crippen LogP contribution in [0.3, 0.4) is 0 Å². The number of nitrogens with zero attached hydrogens (tertiary/aromatic N) is 3. The molecule has 1 aromatic heterocycles. The molecule has 1 aliphatic heterocycles. The minimum atomic E-state index is -0.269. The fraction of sp³-hybridized carbons (Fsp3) is 0.333. The summed E-state index contributed by atoms with van der Waals surface area (Å²) in [6, 6.07) is 7.40. The van der Waals surface area contributed by atoms with Crippen LogP contribution in [0.5, 0.6) is 0 Å². The van der Waals surface area contributed by atoms with Gasteiger partial charge < -0.3 is 9.64 Å². The largest absolute Gasteiger partial charge is 0.469 e. The SMILES string of the molecule is COC(=O)C1CCN(C(=O)c2cnc3ccccc3n2)C1. The molecule has 1 aliphatic rings. The molecule has 0 bridgehead atoms. The van der Waals surface area contributed by atoms with Gasteiger partial charge in [-0.3, -0.25) is 14.6 Å². The molecule has 6 nitrogen and oxygen atoms in total. The summed E-state index contributed by atoms with van der Waals surface area (Å²) in [5.41, 5.74) is 1.74. The number of methoxy groups -OCH3 is 1. The summed E-state index contributed by atoms with van der Waals surface area (Å²) >= 11 is 0. The zero-order valence-corrected chi connectivity index (χ0v) is 11.7. The van der Waals surface area contributed by atoms with Crippen LogP contribution in [0.2, 0.25) is 0 Å². The van der Waals surface area contributed by atoms with Gasteiger partial charge in [-0.2, -0.15) is 0 Å². The summed E-state index contributed by atoms with van der Waals surface area (Å²) in [4.78, 5) is 34.1. The predicted molar refractivity (Wildman–Crippen MR) is 75.6 cm³/mol. The molecule has 1 fully saturated rings. The van der Waals surface area contributed by atoms with Crippen LogP contribution in [0.1, 0.15) is 16.9 Å². The van der Waals surface area contributed by atoms with E-state index in [1.165, 1.54) is 13.3 Å². The third kappa shape index (κ3) is 2.56. The molecule has 3 rings (SSSR count). The maximum Gasteiger partial charge on any atom is 0.310 e. The number of amides is 1. The molecular formula is C15H15N3O3. The average molecular weight is 285 g/mol. The van der Waals surface area contributed by atoms with E-state index in [1.807, 2.05) is 24.3 Å². The van der Waals surface area contributed by atoms with E-state index in [1.54, 1.807) is 4.90 Å². The van der Waals surface area contributed by atoms with Crippen LogP contribution >= 0.6 is 0 Å². The molecule has 21 heavy (non-hydrogen) atoms. The molecule has 0 N–H and O–H groups in total. The van der Waals surface area contributed by atoms with E-state index in [2.05, 4.69) is 9.97 Å². The first-order valence-corrected chi connectivity index (χ1v) is 6.78. The van der Waals surface area contributed by atoms with E-state index in [0.29, 0.717) is 30.7 Å². The highest BCUT2D eigenvalue weighted by atomic mass is 16.5. The maximum atomic E-state index is 12.4. The molecule has 1 aromatic carbocycles. The van der Waals surface area contributed by atoms with Crippen molar-refractivity contribution in [2.75, 3.05) is 20.2 Å². The number of esters is 1. The number of hydrogen-bond donors (Lipinski definition) is 0. The van der Waals surface area contributed by atoms with Crippen molar-refractivity contribution < 1.29 is 14.3 Å². The molecule has 0 spiro atoms. The third-order valence-electron chi connectivity index (χ3n) is 3.68. The van der Waals surface area contributed by atoms with Crippen molar-refractivity contribution in [3.8, 4) is 0 Å². The Hall–Kier alpha value is -2.50. The van der Waals surface area contributed by atoms with Crippen molar-refractivity contribution in [1.82, 2.24) is 14.9 Å². The summed E-state index contributed by atoms with van der Waals surface area (Å²) in [7, 11) is 1.36. The van der Waals surface area contributed by atoms with Gasteiger partial charge in [0.2, 0.25) is 0 Å². The van der Waals surface area contributed by atoms with E-state index in [-0.39, 0.29) is 17.8 Å². The van der Waals surface area contributed by atoms with E-state index in [4.69, 9.17) is 4.74 Å². The summed E-state index contributed by atoms with van der Waals surface area (Å²) in [5.74, 6) is -0.707. The van der Waals surface area contributed by atoms with Gasteiger partial charge in [-0.1, -0.05) is 12.1 Å². The van der Waals surface area contributed by atoms with Gasteiger partial charge in [-0.25, -0.2) is 4.98 Å². The van der Waals surface area contributed by atoms with Crippen molar-refractivity contribution in [2.24, 2.45) is 5.92 Å². The molecule has 1 atom stereocenters. The van der Waals surface area contributed by atoms with E-state index in [9.17, 15) is 9.59 Å². The fourth-order valence-electron chi connectivity index (χ4n) is 2.53. The molecule has 1 amide bonds. The maximum absolute atomic E-state index is 12.4. The summed E-state index contributed by atoms with van der Waals surface area (Å²) in [5, 5.41) is 0. The van der Waals surface area contributed by atoms with Gasteiger partial charge >= 0.3 is 5.97 Å². The van der Waals surface area contributed by atoms with Crippen LogP contribution in [0.4, 0.5) is 0 Å². The van der Waals surface area contributed by atoms with Gasteiger partial charge in [-0.05, 0) is 18.6 Å². The third-order valence-corrected chi connectivity index (χ3v) is 3.68. The van der Waals surface area contributed by atoms with Crippen molar-refractivity contribution >= 4 is 22.9 Å². The molecule has 0 saturated carbocycles. The lowest BCUT2D eigenvalue weighted by atomic mass is 10.1. The van der Waals surface area contributed by atoms with Gasteiger partial charge in [0, 0.05) is 13.1 Å². The molecule has 0 radical (unpaired) electrons. The Morgan fingerprint density at radius 1 is 1.29 bits per heavy atom. The average Bonchev–Trinajstić information content (AvgIpc) is 3.03. The smallest absolute Gasteiger partial charge is 0.310 e. The number of hydrogen-bond acceptors (Lipinski definition) is 5. The number of fused-ring (bicyclic) bond motifs is 1. The Balaban J connectivity index is 1.79. The Morgan fingerprint density at radius 3 is 2.81 bits per heavy atom. The zero-order valence-electron chi connectivity index (χ0n) is 11.7. The van der Waals surface area contributed by atoms with E-state index < -0.39 is 0 Å². The molecule has 6 heteroatoms. The first-order valence-electron chi connectivity index (χ1n) is 6.78. The molecule has 2 heterocycles. The molecule has 2 aromatic rings. The Bertz CT molecular complexity index is 701. The second-order valence-corrected chi connectivity index (χ2v) is 5.00. The second-order valence-electron chi connectivity index (χ2n) is 5.00. The highest BCUT2D eigenvalue weighted by molar-refractivity contribution is 5.94. The van der Waals surface area contributed by atoms with Crippen LogP contribution in [-0.2, 0) is 9.53 Å². The van der Waals surface area contributed by atoms with Crippen LogP contribution in [0.15, 0.2) is 30.5 Å². The van der Waals surface area contributed by atoms with Crippen molar-refractivity contribution in [3.63, 3.8) is 0 Å². The highest BCUT2D eigenvalue weighted by Gasteiger charge is 2.32. The molecular weight excluding hydrogens is 270 g/mol. The molecule has 1 unspecified atom stereocenters. The van der Waals surface area contributed by atoms with Crippen LogP contribution in [-0.4, -0.2) is 46.9 Å². The quantitative estimate of drug-likeness (QED) is 0.777. The van der Waals surface area contributed by atoms with Gasteiger partial charge in [0.15, 0.2) is 0 Å². The number of carbonyl (C=O) groups is 2. The number of benzene rings is 1.